The largest absolute Gasteiger partial charge is 0.382 e. The van der Waals surface area contributed by atoms with E-state index in [1.165, 1.54) is 25.3 Å². The first-order valence-corrected chi connectivity index (χ1v) is 5.14. The third-order valence-electron chi connectivity index (χ3n) is 2.57. The Morgan fingerprint density at radius 1 is 1.12 bits per heavy atom. The minimum atomic E-state index is -1.26. The fraction of sp³-hybridized carbons (Fsp3) is 0.154. The van der Waals surface area contributed by atoms with Crippen LogP contribution in [-0.2, 0) is 0 Å². The van der Waals surface area contributed by atoms with Crippen molar-refractivity contribution in [1.82, 2.24) is 4.98 Å². The average Bonchev–Trinajstić information content (AvgIpc) is 2.36. The topological polar surface area (TPSA) is 33.1 Å². The molecule has 2 aromatic rings. The highest BCUT2D eigenvalue weighted by Gasteiger charge is 2.19. The van der Waals surface area contributed by atoms with Crippen molar-refractivity contribution in [2.75, 3.05) is 0 Å². The molecule has 1 aromatic carbocycles. The first kappa shape index (κ1) is 11.7. The Morgan fingerprint density at radius 3 is 2.53 bits per heavy atom. The van der Waals surface area contributed by atoms with Crippen LogP contribution in [0.2, 0.25) is 0 Å². The summed E-state index contributed by atoms with van der Waals surface area (Å²) in [5, 5.41) is 9.92. The van der Waals surface area contributed by atoms with E-state index >= 15 is 0 Å². The first-order chi connectivity index (χ1) is 8.11. The van der Waals surface area contributed by atoms with Crippen LogP contribution in [0.1, 0.15) is 22.9 Å². The van der Waals surface area contributed by atoms with E-state index < -0.39 is 17.7 Å². The predicted octanol–water partition coefficient (Wildman–Crippen LogP) is 2.75. The third-order valence-corrected chi connectivity index (χ3v) is 2.57. The highest BCUT2D eigenvalue weighted by molar-refractivity contribution is 5.31. The minimum Gasteiger partial charge on any atom is -0.382 e. The van der Waals surface area contributed by atoms with Crippen LogP contribution in [0.5, 0.6) is 0 Å². The zero-order valence-corrected chi connectivity index (χ0v) is 9.19. The van der Waals surface area contributed by atoms with Gasteiger partial charge in [-0.05, 0) is 24.6 Å². The molecule has 1 N–H and O–H groups in total. The van der Waals surface area contributed by atoms with Gasteiger partial charge in [-0.3, -0.25) is 4.98 Å². The molecule has 88 valence electrons. The molecule has 1 aromatic heterocycles. The van der Waals surface area contributed by atoms with Crippen molar-refractivity contribution in [3.8, 4) is 0 Å². The Hall–Kier alpha value is -1.81. The monoisotopic (exact) mass is 235 g/mol. The molecule has 0 bridgehead atoms. The molecule has 0 saturated carbocycles. The molecule has 2 nitrogen and oxygen atoms in total. The van der Waals surface area contributed by atoms with Gasteiger partial charge in [-0.25, -0.2) is 8.78 Å². The Morgan fingerprint density at radius 2 is 1.88 bits per heavy atom. The summed E-state index contributed by atoms with van der Waals surface area (Å²) in [6.45, 7) is 1.47. The molecule has 1 heterocycles. The lowest BCUT2D eigenvalue weighted by Gasteiger charge is -2.12. The van der Waals surface area contributed by atoms with Gasteiger partial charge >= 0.3 is 0 Å². The normalized spacial score (nSPS) is 12.5. The zero-order chi connectivity index (χ0) is 12.4. The third kappa shape index (κ3) is 2.17. The molecule has 1 unspecified atom stereocenters. The van der Waals surface area contributed by atoms with E-state index in [0.717, 1.165) is 0 Å². The number of pyridine rings is 1. The summed E-state index contributed by atoms with van der Waals surface area (Å²) in [6.07, 6.45) is 0.229. The number of aliphatic hydroxyl groups is 1. The highest BCUT2D eigenvalue weighted by atomic mass is 19.2. The molecule has 17 heavy (non-hydrogen) atoms. The molecule has 0 fully saturated rings. The van der Waals surface area contributed by atoms with Crippen molar-refractivity contribution in [3.63, 3.8) is 0 Å². The SMILES string of the molecule is Cc1ccc(C(O)c2ccccn2)c(F)c1F. The van der Waals surface area contributed by atoms with Crippen LogP contribution < -0.4 is 0 Å². The van der Waals surface area contributed by atoms with Gasteiger partial charge in [-0.15, -0.1) is 0 Å². The Kier molecular flexibility index (Phi) is 3.15. The summed E-state index contributed by atoms with van der Waals surface area (Å²) in [6, 6.07) is 7.71. The van der Waals surface area contributed by atoms with E-state index in [9.17, 15) is 13.9 Å². The van der Waals surface area contributed by atoms with Gasteiger partial charge in [0.25, 0.3) is 0 Å². The second-order valence-electron chi connectivity index (χ2n) is 3.76. The molecular weight excluding hydrogens is 224 g/mol. The lowest BCUT2D eigenvalue weighted by atomic mass is 10.0. The van der Waals surface area contributed by atoms with Gasteiger partial charge in [-0.2, -0.15) is 0 Å². The van der Waals surface area contributed by atoms with Gasteiger partial charge in [0, 0.05) is 11.8 Å². The number of benzene rings is 1. The fourth-order valence-electron chi connectivity index (χ4n) is 1.57. The summed E-state index contributed by atoms with van der Waals surface area (Å²) in [5.74, 6) is -1.96. The molecular formula is C13H11F2NO. The molecule has 2 rings (SSSR count). The minimum absolute atomic E-state index is 0.105. The van der Waals surface area contributed by atoms with E-state index in [1.54, 1.807) is 18.2 Å². The van der Waals surface area contributed by atoms with Crippen molar-refractivity contribution in [1.29, 1.82) is 0 Å². The standard InChI is InChI=1S/C13H11F2NO/c1-8-5-6-9(12(15)11(8)14)13(17)10-4-2-3-7-16-10/h2-7,13,17H,1H3. The van der Waals surface area contributed by atoms with Crippen molar-refractivity contribution < 1.29 is 13.9 Å². The van der Waals surface area contributed by atoms with E-state index in [2.05, 4.69) is 4.98 Å². The second kappa shape index (κ2) is 4.59. The lowest BCUT2D eigenvalue weighted by Crippen LogP contribution is -2.06. The number of halogens is 2. The van der Waals surface area contributed by atoms with Crippen LogP contribution >= 0.6 is 0 Å². The zero-order valence-electron chi connectivity index (χ0n) is 9.19. The molecule has 4 heteroatoms. The quantitative estimate of drug-likeness (QED) is 0.868. The predicted molar refractivity (Wildman–Crippen MR) is 59.4 cm³/mol. The van der Waals surface area contributed by atoms with Gasteiger partial charge in [-0.1, -0.05) is 18.2 Å². The van der Waals surface area contributed by atoms with Gasteiger partial charge in [0.1, 0.15) is 6.10 Å². The van der Waals surface area contributed by atoms with E-state index in [4.69, 9.17) is 0 Å². The maximum Gasteiger partial charge on any atom is 0.165 e. The highest BCUT2D eigenvalue weighted by Crippen LogP contribution is 2.25. The Labute approximate surface area is 97.6 Å². The molecule has 1 atom stereocenters. The fourth-order valence-corrected chi connectivity index (χ4v) is 1.57. The smallest absolute Gasteiger partial charge is 0.165 e. The van der Waals surface area contributed by atoms with Crippen LogP contribution in [0, 0.1) is 18.6 Å². The summed E-state index contributed by atoms with van der Waals surface area (Å²) in [4.78, 5) is 3.91. The molecule has 0 aliphatic carbocycles. The first-order valence-electron chi connectivity index (χ1n) is 5.14. The summed E-state index contributed by atoms with van der Waals surface area (Å²) in [5.41, 5.74) is 0.390. The van der Waals surface area contributed by atoms with Gasteiger partial charge in [0.15, 0.2) is 11.6 Å². The lowest BCUT2D eigenvalue weighted by molar-refractivity contribution is 0.208. The van der Waals surface area contributed by atoms with Crippen molar-refractivity contribution >= 4 is 0 Å². The van der Waals surface area contributed by atoms with Crippen LogP contribution in [0.4, 0.5) is 8.78 Å². The second-order valence-corrected chi connectivity index (χ2v) is 3.76. The van der Waals surface area contributed by atoms with Crippen molar-refractivity contribution in [2.24, 2.45) is 0 Å². The summed E-state index contributed by atoms with van der Waals surface area (Å²) < 4.78 is 27.0. The van der Waals surface area contributed by atoms with Crippen LogP contribution in [0.3, 0.4) is 0 Å². The van der Waals surface area contributed by atoms with Crippen molar-refractivity contribution in [3.05, 3.63) is 65.0 Å². The number of nitrogens with zero attached hydrogens (tertiary/aromatic N) is 1. The maximum atomic E-state index is 13.6. The Balaban J connectivity index is 2.45. The number of aryl methyl sites for hydroxylation is 1. The van der Waals surface area contributed by atoms with Crippen LogP contribution in [0.15, 0.2) is 36.5 Å². The van der Waals surface area contributed by atoms with Gasteiger partial charge in [0.05, 0.1) is 5.69 Å². The maximum absolute atomic E-state index is 13.6. The Bertz CT molecular complexity index is 528. The van der Waals surface area contributed by atoms with Crippen molar-refractivity contribution in [2.45, 2.75) is 13.0 Å². The van der Waals surface area contributed by atoms with E-state index in [0.29, 0.717) is 0 Å². The average molecular weight is 235 g/mol. The molecule has 0 radical (unpaired) electrons. The number of rotatable bonds is 2. The summed E-state index contributed by atoms with van der Waals surface area (Å²) >= 11 is 0. The number of hydrogen-bond donors (Lipinski definition) is 1. The molecule has 0 spiro atoms. The van der Waals surface area contributed by atoms with Gasteiger partial charge in [0.2, 0.25) is 0 Å². The summed E-state index contributed by atoms with van der Waals surface area (Å²) in [7, 11) is 0. The molecule has 0 aliphatic rings. The van der Waals surface area contributed by atoms with Crippen LogP contribution in [0.25, 0.3) is 0 Å². The number of aliphatic hydroxyl groups excluding tert-OH is 1. The molecule has 0 saturated heterocycles. The van der Waals surface area contributed by atoms with E-state index in [-0.39, 0.29) is 16.8 Å². The molecule has 0 amide bonds. The molecule has 0 aliphatic heterocycles. The van der Waals surface area contributed by atoms with Crippen LogP contribution in [-0.4, -0.2) is 10.1 Å². The number of aromatic nitrogens is 1. The van der Waals surface area contributed by atoms with E-state index in [1.807, 2.05) is 0 Å². The van der Waals surface area contributed by atoms with Gasteiger partial charge < -0.3 is 5.11 Å². The number of hydrogen-bond acceptors (Lipinski definition) is 2.